The molecule has 43 heavy (non-hydrogen) atoms. The van der Waals surface area contributed by atoms with Gasteiger partial charge >= 0.3 is 0 Å². The van der Waals surface area contributed by atoms with Crippen molar-refractivity contribution >= 4 is 5.78 Å². The number of hydrogen-bond donors (Lipinski definition) is 6. The number of ketones is 1. The highest BCUT2D eigenvalue weighted by Gasteiger charge is 2.62. The third-order valence-electron chi connectivity index (χ3n) is 12.4. The lowest BCUT2D eigenvalue weighted by Gasteiger charge is -2.62. The topological polar surface area (TPSA) is 175 Å². The molecule has 2 aliphatic heterocycles. The van der Waals surface area contributed by atoms with E-state index in [0.717, 1.165) is 37.7 Å². The molecule has 3 saturated carbocycles. The van der Waals surface area contributed by atoms with Crippen molar-refractivity contribution in [3.05, 3.63) is 11.6 Å². The predicted octanol–water partition coefficient (Wildman–Crippen LogP) is 0.801. The molecule has 0 spiro atoms. The maximum Gasteiger partial charge on any atom is 0.186 e. The van der Waals surface area contributed by atoms with Crippen LogP contribution in [-0.4, -0.2) is 111 Å². The molecule has 6 aliphatic rings. The van der Waals surface area contributed by atoms with Crippen molar-refractivity contribution in [2.24, 2.45) is 34.5 Å². The summed E-state index contributed by atoms with van der Waals surface area (Å²) >= 11 is 0. The van der Waals surface area contributed by atoms with E-state index < -0.39 is 61.4 Å². The molecule has 0 unspecified atom stereocenters. The predicted molar refractivity (Wildman–Crippen MR) is 151 cm³/mol. The van der Waals surface area contributed by atoms with Crippen molar-refractivity contribution in [1.29, 1.82) is 0 Å². The molecule has 11 heteroatoms. The number of fused-ring (bicyclic) bond motifs is 5. The SMILES string of the molecule is CC(=O)C1=CC[C@H]2[C@@H]3C[C@H](O[C@@H]4O[C@H](C)[C@@H](O)[C@H](O[C@@H]5OC[C@H](O)[C@@H](O)[C@@H]5O)[C@H]4O)[C@H]4C[C@@H](O)CC[C@]4(C)[C@H]3CC[C@]12C. The minimum absolute atomic E-state index is 0.0287. The number of hydrogen-bond acceptors (Lipinski definition) is 11. The molecule has 6 rings (SSSR count). The van der Waals surface area contributed by atoms with E-state index in [2.05, 4.69) is 19.9 Å². The summed E-state index contributed by atoms with van der Waals surface area (Å²) in [6.45, 7) is 7.59. The van der Waals surface area contributed by atoms with Gasteiger partial charge in [-0.3, -0.25) is 4.79 Å². The van der Waals surface area contributed by atoms with Gasteiger partial charge in [0, 0.05) is 0 Å². The van der Waals surface area contributed by atoms with Crippen LogP contribution in [0.5, 0.6) is 0 Å². The van der Waals surface area contributed by atoms with Gasteiger partial charge in [-0.2, -0.15) is 0 Å². The lowest BCUT2D eigenvalue weighted by Crippen LogP contribution is -2.64. The molecule has 11 nitrogen and oxygen atoms in total. The Kier molecular flexibility index (Phi) is 8.68. The van der Waals surface area contributed by atoms with E-state index in [1.165, 1.54) is 0 Å². The number of aliphatic hydroxyl groups is 6. The molecule has 2 heterocycles. The standard InChI is InChI=1S/C32H50O11/c1-14(33)18-5-6-19-17-12-23(21-11-16(34)7-9-32(21,4)20(17)8-10-31(18,19)3)42-30-27(39)28(24(36)15(2)41-30)43-29-26(38)25(37)22(35)13-40-29/h5,15-17,19-30,34-39H,6-13H2,1-4H3/t15-,16+,17+,19+,20+,21-,22+,23+,24-,25-,26+,27-,28+,29+,30+,31-,32-/m1/s1. The highest BCUT2D eigenvalue weighted by molar-refractivity contribution is 5.95. The van der Waals surface area contributed by atoms with Gasteiger partial charge in [-0.25, -0.2) is 0 Å². The fourth-order valence-corrected chi connectivity index (χ4v) is 10.0. The molecule has 0 bridgehead atoms. The van der Waals surface area contributed by atoms with Gasteiger partial charge in [-0.05, 0) is 98.9 Å². The largest absolute Gasteiger partial charge is 0.393 e. The first-order chi connectivity index (χ1) is 20.3. The van der Waals surface area contributed by atoms with Crippen LogP contribution in [0.4, 0.5) is 0 Å². The highest BCUT2D eigenvalue weighted by Crippen LogP contribution is 2.66. The van der Waals surface area contributed by atoms with Gasteiger partial charge in [-0.1, -0.05) is 19.9 Å². The Morgan fingerprint density at radius 1 is 0.884 bits per heavy atom. The van der Waals surface area contributed by atoms with E-state index in [1.807, 2.05) is 0 Å². The van der Waals surface area contributed by atoms with E-state index in [-0.39, 0.29) is 35.2 Å². The summed E-state index contributed by atoms with van der Waals surface area (Å²) < 4.78 is 23.9. The molecule has 0 aromatic heterocycles. The van der Waals surface area contributed by atoms with Crippen LogP contribution in [0.2, 0.25) is 0 Å². The third kappa shape index (κ3) is 5.25. The normalized spacial score (nSPS) is 55.1. The number of carbonyl (C=O) groups excluding carboxylic acids is 1. The number of allylic oxidation sites excluding steroid dienone is 2. The summed E-state index contributed by atoms with van der Waals surface area (Å²) in [4.78, 5) is 12.6. The van der Waals surface area contributed by atoms with Gasteiger partial charge in [0.2, 0.25) is 0 Å². The maximum atomic E-state index is 12.6. The molecule has 244 valence electrons. The number of ether oxygens (including phenoxy) is 4. The first-order valence-corrected chi connectivity index (χ1v) is 16.1. The van der Waals surface area contributed by atoms with Gasteiger partial charge in [0.25, 0.3) is 0 Å². The zero-order chi connectivity index (χ0) is 31.0. The highest BCUT2D eigenvalue weighted by atomic mass is 16.7. The summed E-state index contributed by atoms with van der Waals surface area (Å²) in [5.74, 6) is 1.21. The minimum atomic E-state index is -1.58. The molecule has 6 N–H and O–H groups in total. The van der Waals surface area contributed by atoms with E-state index in [9.17, 15) is 35.4 Å². The second-order valence-corrected chi connectivity index (χ2v) is 14.7. The summed E-state index contributed by atoms with van der Waals surface area (Å²) in [6.07, 6.45) is -4.57. The van der Waals surface area contributed by atoms with Crippen molar-refractivity contribution in [2.75, 3.05) is 6.61 Å². The van der Waals surface area contributed by atoms with Crippen LogP contribution in [0.1, 0.15) is 72.6 Å². The first-order valence-electron chi connectivity index (χ1n) is 16.1. The minimum Gasteiger partial charge on any atom is -0.393 e. The summed E-state index contributed by atoms with van der Waals surface area (Å²) in [7, 11) is 0. The Bertz CT molecular complexity index is 1080. The van der Waals surface area contributed by atoms with E-state index in [4.69, 9.17) is 18.9 Å². The van der Waals surface area contributed by atoms with Crippen LogP contribution in [-0.2, 0) is 23.7 Å². The molecule has 0 aromatic carbocycles. The van der Waals surface area contributed by atoms with E-state index in [0.29, 0.717) is 30.6 Å². The fourth-order valence-electron chi connectivity index (χ4n) is 10.0. The Labute approximate surface area is 253 Å². The molecule has 0 amide bonds. The fraction of sp³-hybridized carbons (Fsp3) is 0.906. The summed E-state index contributed by atoms with van der Waals surface area (Å²) in [5, 5.41) is 63.4. The molecular weight excluding hydrogens is 560 g/mol. The monoisotopic (exact) mass is 610 g/mol. The van der Waals surface area contributed by atoms with Crippen LogP contribution in [0.3, 0.4) is 0 Å². The molecule has 0 aromatic rings. The molecule has 17 atom stereocenters. The van der Waals surface area contributed by atoms with Crippen LogP contribution in [0.25, 0.3) is 0 Å². The van der Waals surface area contributed by atoms with Gasteiger partial charge < -0.3 is 49.6 Å². The quantitative estimate of drug-likeness (QED) is 0.243. The Balaban J connectivity index is 1.24. The second-order valence-electron chi connectivity index (χ2n) is 14.7. The van der Waals surface area contributed by atoms with Crippen molar-refractivity contribution < 1.29 is 54.4 Å². The van der Waals surface area contributed by atoms with Crippen LogP contribution >= 0.6 is 0 Å². The molecule has 5 fully saturated rings. The van der Waals surface area contributed by atoms with Gasteiger partial charge in [0.05, 0.1) is 24.9 Å². The van der Waals surface area contributed by atoms with Gasteiger partial charge in [-0.15, -0.1) is 0 Å². The first kappa shape index (κ1) is 32.0. The van der Waals surface area contributed by atoms with Crippen molar-refractivity contribution in [1.82, 2.24) is 0 Å². The molecular formula is C32H50O11. The Morgan fingerprint density at radius 2 is 1.63 bits per heavy atom. The van der Waals surface area contributed by atoms with Crippen LogP contribution < -0.4 is 0 Å². The van der Waals surface area contributed by atoms with Crippen molar-refractivity contribution in [2.45, 2.75) is 140 Å². The Hall–Kier alpha value is -0.990. The van der Waals surface area contributed by atoms with Crippen LogP contribution in [0, 0.1) is 34.5 Å². The van der Waals surface area contributed by atoms with Gasteiger partial charge in [0.15, 0.2) is 18.4 Å². The summed E-state index contributed by atoms with van der Waals surface area (Å²) in [5.41, 5.74) is 0.676. The zero-order valence-electron chi connectivity index (χ0n) is 25.6. The maximum absolute atomic E-state index is 12.6. The lowest BCUT2D eigenvalue weighted by atomic mass is 9.44. The smallest absolute Gasteiger partial charge is 0.186 e. The number of Topliss-reactive ketones (excluding diaryl/α,β-unsaturated/α-hetero) is 1. The number of rotatable bonds is 5. The van der Waals surface area contributed by atoms with Crippen molar-refractivity contribution in [3.63, 3.8) is 0 Å². The van der Waals surface area contributed by atoms with E-state index in [1.54, 1.807) is 13.8 Å². The lowest BCUT2D eigenvalue weighted by molar-refractivity contribution is -0.356. The second kappa shape index (κ2) is 11.7. The average molecular weight is 611 g/mol. The van der Waals surface area contributed by atoms with E-state index >= 15 is 0 Å². The summed E-state index contributed by atoms with van der Waals surface area (Å²) in [6, 6.07) is 0. The molecule has 0 radical (unpaired) electrons. The van der Waals surface area contributed by atoms with Gasteiger partial charge in [0.1, 0.15) is 36.6 Å². The zero-order valence-corrected chi connectivity index (χ0v) is 25.6. The van der Waals surface area contributed by atoms with Crippen LogP contribution in [0.15, 0.2) is 11.6 Å². The number of carbonyl (C=O) groups is 1. The number of aliphatic hydroxyl groups excluding tert-OH is 6. The van der Waals surface area contributed by atoms with Crippen molar-refractivity contribution in [3.8, 4) is 0 Å². The average Bonchev–Trinajstić information content (AvgIpc) is 3.32. The molecule has 2 saturated heterocycles. The molecule has 4 aliphatic carbocycles. The Morgan fingerprint density at radius 3 is 2.35 bits per heavy atom. The third-order valence-corrected chi connectivity index (χ3v) is 12.4.